The zero-order chi connectivity index (χ0) is 17.1. The molecule has 0 unspecified atom stereocenters. The van der Waals surface area contributed by atoms with E-state index in [0.29, 0.717) is 5.69 Å². The summed E-state index contributed by atoms with van der Waals surface area (Å²) in [6.45, 7) is 6.59. The fraction of sp³-hybridized carbons (Fsp3) is 0.412. The van der Waals surface area contributed by atoms with Crippen molar-refractivity contribution in [1.82, 2.24) is 4.90 Å². The van der Waals surface area contributed by atoms with E-state index in [-0.39, 0.29) is 5.02 Å². The maximum Gasteiger partial charge on any atom is 0.197 e. The van der Waals surface area contributed by atoms with Crippen LogP contribution in [0, 0.1) is 11.7 Å². The van der Waals surface area contributed by atoms with Gasteiger partial charge in [-0.25, -0.2) is 9.38 Å². The van der Waals surface area contributed by atoms with Crippen molar-refractivity contribution >= 4 is 39.4 Å². The van der Waals surface area contributed by atoms with E-state index in [1.54, 1.807) is 6.07 Å². The molecule has 0 atom stereocenters. The van der Waals surface area contributed by atoms with E-state index in [0.717, 1.165) is 29.3 Å². The minimum Gasteiger partial charge on any atom is -0.374 e. The molecule has 0 aliphatic carbocycles. The van der Waals surface area contributed by atoms with E-state index in [1.807, 2.05) is 6.20 Å². The van der Waals surface area contributed by atoms with E-state index >= 15 is 0 Å². The fourth-order valence-electron chi connectivity index (χ4n) is 2.58. The summed E-state index contributed by atoms with van der Waals surface area (Å²) in [5.74, 6) is 0.390. The third-order valence-electron chi connectivity index (χ3n) is 4.20. The van der Waals surface area contributed by atoms with Crippen molar-refractivity contribution in [2.45, 2.75) is 26.7 Å². The maximum absolute atomic E-state index is 13.1. The molecular formula is C17H20ClFN4S. The van der Waals surface area contributed by atoms with Crippen LogP contribution in [0.15, 0.2) is 40.1 Å². The van der Waals surface area contributed by atoms with Gasteiger partial charge in [0, 0.05) is 30.7 Å². The number of nitrogens with zero attached hydrogens (tertiary/aromatic N) is 3. The molecule has 2 aliphatic rings. The Balaban J connectivity index is 1.55. The van der Waals surface area contributed by atoms with Gasteiger partial charge < -0.3 is 10.2 Å². The van der Waals surface area contributed by atoms with Gasteiger partial charge in [0.25, 0.3) is 0 Å². The number of amidine groups is 2. The molecule has 128 valence electrons. The van der Waals surface area contributed by atoms with Crippen LogP contribution in [0.2, 0.25) is 5.02 Å². The summed E-state index contributed by atoms with van der Waals surface area (Å²) in [4.78, 5) is 11.1. The number of allylic oxidation sites excluding steroid dienone is 1. The molecule has 0 saturated carbocycles. The number of anilines is 1. The van der Waals surface area contributed by atoms with Crippen molar-refractivity contribution in [3.05, 3.63) is 40.9 Å². The zero-order valence-electron chi connectivity index (χ0n) is 13.7. The van der Waals surface area contributed by atoms with Gasteiger partial charge in [-0.15, -0.1) is 0 Å². The monoisotopic (exact) mass is 366 g/mol. The molecule has 0 radical (unpaired) electrons. The predicted molar refractivity (Wildman–Crippen MR) is 101 cm³/mol. The quantitative estimate of drug-likeness (QED) is 0.823. The summed E-state index contributed by atoms with van der Waals surface area (Å²) in [6.07, 6.45) is 4.36. The van der Waals surface area contributed by atoms with E-state index in [2.05, 4.69) is 34.0 Å². The fourth-order valence-corrected chi connectivity index (χ4v) is 3.34. The Bertz CT molecular complexity index is 709. The number of hydrogen-bond acceptors (Lipinski definition) is 4. The number of piperidine rings is 1. The molecule has 7 heteroatoms. The third kappa shape index (κ3) is 4.30. The second-order valence-electron chi connectivity index (χ2n) is 6.12. The van der Waals surface area contributed by atoms with Crippen LogP contribution in [-0.2, 0) is 0 Å². The summed E-state index contributed by atoms with van der Waals surface area (Å²) in [6, 6.07) is 4.49. The van der Waals surface area contributed by atoms with Gasteiger partial charge in [0.05, 0.1) is 5.02 Å². The van der Waals surface area contributed by atoms with Crippen molar-refractivity contribution in [3.63, 3.8) is 0 Å². The molecule has 1 saturated heterocycles. The van der Waals surface area contributed by atoms with Crippen LogP contribution in [0.3, 0.4) is 0 Å². The number of thioether (sulfide) groups is 1. The van der Waals surface area contributed by atoms with Crippen LogP contribution in [0.1, 0.15) is 26.7 Å². The Labute approximate surface area is 150 Å². The smallest absolute Gasteiger partial charge is 0.197 e. The summed E-state index contributed by atoms with van der Waals surface area (Å²) < 4.78 is 13.1. The summed E-state index contributed by atoms with van der Waals surface area (Å²) in [5, 5.41) is 4.62. The van der Waals surface area contributed by atoms with Crippen molar-refractivity contribution in [2.24, 2.45) is 15.9 Å². The molecule has 1 fully saturated rings. The van der Waals surface area contributed by atoms with Crippen LogP contribution >= 0.6 is 23.4 Å². The minimum absolute atomic E-state index is 0.0909. The first-order valence-electron chi connectivity index (χ1n) is 7.99. The summed E-state index contributed by atoms with van der Waals surface area (Å²) in [7, 11) is 0. The number of nitrogens with one attached hydrogen (secondary N) is 1. The highest BCUT2D eigenvalue weighted by molar-refractivity contribution is 8.29. The third-order valence-corrected chi connectivity index (χ3v) is 5.26. The lowest BCUT2D eigenvalue weighted by atomic mass is 9.99. The van der Waals surface area contributed by atoms with Crippen LogP contribution < -0.4 is 5.32 Å². The first-order valence-corrected chi connectivity index (χ1v) is 9.19. The van der Waals surface area contributed by atoms with Crippen molar-refractivity contribution in [2.75, 3.05) is 18.4 Å². The molecule has 3 rings (SSSR count). The predicted octanol–water partition coefficient (Wildman–Crippen LogP) is 4.94. The number of halogens is 2. The number of benzene rings is 1. The second-order valence-corrected chi connectivity index (χ2v) is 7.49. The normalized spacial score (nSPS) is 20.8. The molecular weight excluding hydrogens is 347 g/mol. The Morgan fingerprint density at radius 3 is 2.83 bits per heavy atom. The Morgan fingerprint density at radius 1 is 1.46 bits per heavy atom. The molecule has 0 bridgehead atoms. The maximum atomic E-state index is 13.1. The topological polar surface area (TPSA) is 40.0 Å². The highest BCUT2D eigenvalue weighted by Gasteiger charge is 2.18. The molecule has 0 amide bonds. The summed E-state index contributed by atoms with van der Waals surface area (Å²) in [5.41, 5.74) is 1.89. The Morgan fingerprint density at radius 2 is 2.17 bits per heavy atom. The average Bonchev–Trinajstić information content (AvgIpc) is 2.53. The van der Waals surface area contributed by atoms with Gasteiger partial charge in [0.15, 0.2) is 10.3 Å². The van der Waals surface area contributed by atoms with Crippen molar-refractivity contribution < 1.29 is 4.39 Å². The van der Waals surface area contributed by atoms with Gasteiger partial charge in [-0.3, -0.25) is 0 Å². The zero-order valence-corrected chi connectivity index (χ0v) is 15.3. The van der Waals surface area contributed by atoms with Gasteiger partial charge in [-0.2, -0.15) is 4.99 Å². The van der Waals surface area contributed by atoms with Crippen LogP contribution in [-0.4, -0.2) is 28.3 Å². The number of likely N-dealkylation sites (tertiary alicyclic amines) is 1. The standard InChI is InChI=1S/C17H20ClFN4S/c1-11-5-7-23(8-6-11)12(2)10-20-16-22-17(24-16)21-13-3-4-15(19)14(18)9-13/h3-4,9-11H,5-8H2,1-2H3,(H,20,21,22). The van der Waals surface area contributed by atoms with E-state index in [1.165, 1.54) is 42.4 Å². The SMILES string of the molecule is CC(=CN=C1N=C(Nc2ccc(F)c(Cl)c2)S1)N1CCC(C)CC1. The molecule has 2 heterocycles. The van der Waals surface area contributed by atoms with Crippen LogP contribution in [0.5, 0.6) is 0 Å². The molecule has 1 N–H and O–H groups in total. The lowest BCUT2D eigenvalue weighted by molar-refractivity contribution is 0.237. The molecule has 2 aliphatic heterocycles. The molecule has 1 aromatic rings. The van der Waals surface area contributed by atoms with Gasteiger partial charge >= 0.3 is 0 Å². The van der Waals surface area contributed by atoms with Crippen molar-refractivity contribution in [1.29, 1.82) is 0 Å². The lowest BCUT2D eigenvalue weighted by Gasteiger charge is -2.32. The van der Waals surface area contributed by atoms with Gasteiger partial charge in [-0.05, 0) is 55.6 Å². The van der Waals surface area contributed by atoms with Crippen LogP contribution in [0.25, 0.3) is 0 Å². The van der Waals surface area contributed by atoms with Gasteiger partial charge in [0.2, 0.25) is 0 Å². The molecule has 24 heavy (non-hydrogen) atoms. The number of aliphatic imine (C=N–C) groups is 2. The largest absolute Gasteiger partial charge is 0.374 e. The lowest BCUT2D eigenvalue weighted by Crippen LogP contribution is -2.31. The summed E-state index contributed by atoms with van der Waals surface area (Å²) >= 11 is 7.21. The Kier molecular flexibility index (Phi) is 5.46. The minimum atomic E-state index is -0.430. The van der Waals surface area contributed by atoms with Gasteiger partial charge in [-0.1, -0.05) is 18.5 Å². The van der Waals surface area contributed by atoms with E-state index < -0.39 is 5.82 Å². The molecule has 0 aromatic heterocycles. The molecule has 4 nitrogen and oxygen atoms in total. The molecule has 1 aromatic carbocycles. The first-order chi connectivity index (χ1) is 11.5. The van der Waals surface area contributed by atoms with Crippen molar-refractivity contribution in [3.8, 4) is 0 Å². The second kappa shape index (κ2) is 7.57. The van der Waals surface area contributed by atoms with E-state index in [4.69, 9.17) is 11.6 Å². The Hall–Kier alpha value is -1.53. The first kappa shape index (κ1) is 17.3. The highest BCUT2D eigenvalue weighted by atomic mass is 35.5. The number of rotatable bonds is 3. The highest BCUT2D eigenvalue weighted by Crippen LogP contribution is 2.25. The average molecular weight is 367 g/mol. The number of hydrogen-bond donors (Lipinski definition) is 1. The molecule has 0 spiro atoms. The van der Waals surface area contributed by atoms with E-state index in [9.17, 15) is 4.39 Å². The van der Waals surface area contributed by atoms with Crippen LogP contribution in [0.4, 0.5) is 10.1 Å². The van der Waals surface area contributed by atoms with Gasteiger partial charge in [0.1, 0.15) is 5.82 Å².